The van der Waals surface area contributed by atoms with Crippen LogP contribution in [0.5, 0.6) is 0 Å². The van der Waals surface area contributed by atoms with Crippen LogP contribution >= 0.6 is 0 Å². The molecule has 1 N–H and O–H groups in total. The van der Waals surface area contributed by atoms with Crippen LogP contribution < -0.4 is 10.2 Å². The Hall–Kier alpha value is -2.50. The lowest BCUT2D eigenvalue weighted by molar-refractivity contribution is -0.125. The van der Waals surface area contributed by atoms with Gasteiger partial charge in [0.25, 0.3) is 0 Å². The first-order valence-corrected chi connectivity index (χ1v) is 9.78. The Labute approximate surface area is 160 Å². The van der Waals surface area contributed by atoms with Gasteiger partial charge in [0.2, 0.25) is 11.9 Å². The Morgan fingerprint density at radius 1 is 1.26 bits per heavy atom. The van der Waals surface area contributed by atoms with Crippen LogP contribution in [0.3, 0.4) is 0 Å². The molecule has 0 spiro atoms. The van der Waals surface area contributed by atoms with Gasteiger partial charge in [-0.3, -0.25) is 4.79 Å². The van der Waals surface area contributed by atoms with Gasteiger partial charge in [-0.15, -0.1) is 0 Å². The molecule has 1 amide bonds. The molecule has 1 aliphatic heterocycles. The second kappa shape index (κ2) is 9.44. The van der Waals surface area contributed by atoms with Crippen LogP contribution in [0.1, 0.15) is 39.0 Å². The highest BCUT2D eigenvalue weighted by atomic mass is 19.1. The van der Waals surface area contributed by atoms with Gasteiger partial charge in [-0.1, -0.05) is 31.9 Å². The number of amides is 1. The summed E-state index contributed by atoms with van der Waals surface area (Å²) in [5.74, 6) is 0.457. The molecule has 1 aromatic heterocycles. The number of aromatic nitrogens is 2. The molecule has 1 saturated heterocycles. The number of benzene rings is 1. The number of nitrogens with one attached hydrogen (secondary N) is 1. The van der Waals surface area contributed by atoms with Crippen LogP contribution in [0, 0.1) is 11.7 Å². The number of carbonyl (C=O) groups excluding carboxylic acids is 1. The summed E-state index contributed by atoms with van der Waals surface area (Å²) in [4.78, 5) is 23.4. The van der Waals surface area contributed by atoms with E-state index in [1.807, 2.05) is 6.07 Å². The summed E-state index contributed by atoms with van der Waals surface area (Å²) < 4.78 is 13.4. The van der Waals surface area contributed by atoms with E-state index >= 15 is 0 Å². The number of hydrogen-bond donors (Lipinski definition) is 1. The average Bonchev–Trinajstić information content (AvgIpc) is 2.71. The highest BCUT2D eigenvalue weighted by Crippen LogP contribution is 2.23. The second-order valence-corrected chi connectivity index (χ2v) is 7.07. The normalized spacial score (nSPS) is 17.0. The largest absolute Gasteiger partial charge is 0.356 e. The van der Waals surface area contributed by atoms with Gasteiger partial charge in [-0.2, -0.15) is 0 Å². The van der Waals surface area contributed by atoms with Gasteiger partial charge in [-0.25, -0.2) is 14.4 Å². The van der Waals surface area contributed by atoms with Crippen molar-refractivity contribution in [3.05, 3.63) is 42.5 Å². The van der Waals surface area contributed by atoms with E-state index in [9.17, 15) is 9.18 Å². The first-order valence-electron chi connectivity index (χ1n) is 9.78. The number of piperidine rings is 1. The Morgan fingerprint density at radius 2 is 2.07 bits per heavy atom. The lowest BCUT2D eigenvalue weighted by Crippen LogP contribution is -2.43. The Morgan fingerprint density at radius 3 is 2.81 bits per heavy atom. The van der Waals surface area contributed by atoms with Crippen molar-refractivity contribution in [1.29, 1.82) is 0 Å². The lowest BCUT2D eigenvalue weighted by Gasteiger charge is -2.32. The van der Waals surface area contributed by atoms with Crippen molar-refractivity contribution < 1.29 is 9.18 Å². The van der Waals surface area contributed by atoms with E-state index in [0.717, 1.165) is 56.3 Å². The number of hydrogen-bond acceptors (Lipinski definition) is 4. The Balaban J connectivity index is 1.60. The summed E-state index contributed by atoms with van der Waals surface area (Å²) in [5, 5.41) is 3.05. The highest BCUT2D eigenvalue weighted by Gasteiger charge is 2.26. The van der Waals surface area contributed by atoms with E-state index < -0.39 is 0 Å². The minimum atomic E-state index is -0.277. The molecule has 1 atom stereocenters. The van der Waals surface area contributed by atoms with Gasteiger partial charge in [0.1, 0.15) is 5.82 Å². The molecule has 0 bridgehead atoms. The number of carbonyl (C=O) groups is 1. The van der Waals surface area contributed by atoms with Gasteiger partial charge in [0, 0.05) is 37.6 Å². The topological polar surface area (TPSA) is 58.1 Å². The molecule has 2 heterocycles. The molecule has 0 aliphatic carbocycles. The number of anilines is 1. The molecule has 27 heavy (non-hydrogen) atoms. The fraction of sp³-hybridized carbons (Fsp3) is 0.476. The molecule has 0 saturated carbocycles. The summed E-state index contributed by atoms with van der Waals surface area (Å²) >= 11 is 0. The predicted molar refractivity (Wildman–Crippen MR) is 105 cm³/mol. The second-order valence-electron chi connectivity index (χ2n) is 7.07. The number of halogens is 1. The summed E-state index contributed by atoms with van der Waals surface area (Å²) in [6.45, 7) is 4.39. The molecule has 1 aliphatic rings. The molecule has 5 nitrogen and oxygen atoms in total. The zero-order valence-corrected chi connectivity index (χ0v) is 15.8. The van der Waals surface area contributed by atoms with Crippen molar-refractivity contribution in [2.75, 3.05) is 24.5 Å². The number of unbranched alkanes of at least 4 members (excludes halogenated alkanes) is 2. The molecule has 1 fully saturated rings. The Bertz CT molecular complexity index is 750. The van der Waals surface area contributed by atoms with Crippen molar-refractivity contribution in [1.82, 2.24) is 15.3 Å². The molecule has 6 heteroatoms. The minimum Gasteiger partial charge on any atom is -0.356 e. The average molecular weight is 370 g/mol. The molecule has 144 valence electrons. The zero-order valence-electron chi connectivity index (χ0n) is 15.8. The van der Waals surface area contributed by atoms with Gasteiger partial charge in [-0.05, 0) is 37.0 Å². The van der Waals surface area contributed by atoms with E-state index in [0.29, 0.717) is 12.5 Å². The fourth-order valence-corrected chi connectivity index (χ4v) is 3.41. The van der Waals surface area contributed by atoms with Crippen LogP contribution in [-0.2, 0) is 4.79 Å². The molecular formula is C21H27FN4O. The van der Waals surface area contributed by atoms with Crippen molar-refractivity contribution in [3.63, 3.8) is 0 Å². The molecule has 0 unspecified atom stereocenters. The van der Waals surface area contributed by atoms with Crippen LogP contribution in [0.4, 0.5) is 10.3 Å². The van der Waals surface area contributed by atoms with E-state index in [2.05, 4.69) is 27.1 Å². The fourth-order valence-electron chi connectivity index (χ4n) is 3.41. The highest BCUT2D eigenvalue weighted by molar-refractivity contribution is 5.79. The predicted octanol–water partition coefficient (Wildman–Crippen LogP) is 3.81. The maximum absolute atomic E-state index is 13.4. The van der Waals surface area contributed by atoms with Gasteiger partial charge >= 0.3 is 0 Å². The van der Waals surface area contributed by atoms with Gasteiger partial charge in [0.15, 0.2) is 0 Å². The van der Waals surface area contributed by atoms with Gasteiger partial charge < -0.3 is 10.2 Å². The molecule has 2 aromatic rings. The van der Waals surface area contributed by atoms with E-state index in [4.69, 9.17) is 0 Å². The van der Waals surface area contributed by atoms with Crippen molar-refractivity contribution in [3.8, 4) is 11.1 Å². The summed E-state index contributed by atoms with van der Waals surface area (Å²) in [7, 11) is 0. The molecule has 0 radical (unpaired) electrons. The number of nitrogens with zero attached hydrogens (tertiary/aromatic N) is 3. The third-order valence-corrected chi connectivity index (χ3v) is 4.95. The lowest BCUT2D eigenvalue weighted by atomic mass is 9.97. The van der Waals surface area contributed by atoms with Crippen LogP contribution in [0.15, 0.2) is 36.7 Å². The monoisotopic (exact) mass is 370 g/mol. The third-order valence-electron chi connectivity index (χ3n) is 4.95. The quantitative estimate of drug-likeness (QED) is 0.753. The molecular weight excluding hydrogens is 343 g/mol. The maximum atomic E-state index is 13.4. The summed E-state index contributed by atoms with van der Waals surface area (Å²) in [6, 6.07) is 6.40. The van der Waals surface area contributed by atoms with Crippen molar-refractivity contribution in [2.45, 2.75) is 39.0 Å². The molecule has 3 rings (SSSR count). The summed E-state index contributed by atoms with van der Waals surface area (Å²) in [5.41, 5.74) is 1.53. The standard InChI is InChI=1S/C21H27FN4O/c1-2-3-4-10-23-20(27)17-8-6-11-26(15-17)21-24-13-18(14-25-21)16-7-5-9-19(22)12-16/h5,7,9,12-14,17H,2-4,6,8,10-11,15H2,1H3,(H,23,27)/t17-/m0/s1. The first kappa shape index (κ1) is 19.3. The SMILES string of the molecule is CCCCCNC(=O)[C@H]1CCCN(c2ncc(-c3cccc(F)c3)cn2)C1. The van der Waals surface area contributed by atoms with Crippen LogP contribution in [-0.4, -0.2) is 35.5 Å². The number of rotatable bonds is 7. The minimum absolute atomic E-state index is 0.0214. The maximum Gasteiger partial charge on any atom is 0.225 e. The smallest absolute Gasteiger partial charge is 0.225 e. The van der Waals surface area contributed by atoms with Crippen molar-refractivity contribution in [2.24, 2.45) is 5.92 Å². The van der Waals surface area contributed by atoms with E-state index in [-0.39, 0.29) is 17.6 Å². The van der Waals surface area contributed by atoms with E-state index in [1.54, 1.807) is 18.5 Å². The van der Waals surface area contributed by atoms with Crippen molar-refractivity contribution >= 4 is 11.9 Å². The van der Waals surface area contributed by atoms with E-state index in [1.165, 1.54) is 12.1 Å². The zero-order chi connectivity index (χ0) is 19.1. The van der Waals surface area contributed by atoms with Crippen LogP contribution in [0.2, 0.25) is 0 Å². The van der Waals surface area contributed by atoms with Crippen LogP contribution in [0.25, 0.3) is 11.1 Å². The first-order chi connectivity index (χ1) is 13.2. The summed E-state index contributed by atoms with van der Waals surface area (Å²) in [6.07, 6.45) is 8.60. The van der Waals surface area contributed by atoms with Gasteiger partial charge in [0.05, 0.1) is 5.92 Å². The Kier molecular flexibility index (Phi) is 6.74. The molecule has 1 aromatic carbocycles. The third kappa shape index (κ3) is 5.25.